The van der Waals surface area contributed by atoms with Crippen molar-refractivity contribution in [3.8, 4) is 0 Å². The molecule has 0 saturated heterocycles. The maximum absolute atomic E-state index is 11.8. The number of H-pyrrole nitrogens is 1. The SMILES string of the molecule is Cc1cc(C)c(C(=O)NCCCCCO)c(=O)[nH]1. The number of rotatable bonds is 6. The lowest BCUT2D eigenvalue weighted by Gasteiger charge is -2.07. The first-order valence-electron chi connectivity index (χ1n) is 6.16. The third kappa shape index (κ3) is 4.00. The summed E-state index contributed by atoms with van der Waals surface area (Å²) in [5.74, 6) is -0.335. The Bertz CT molecular complexity index is 466. The van der Waals surface area contributed by atoms with Gasteiger partial charge in [-0.25, -0.2) is 0 Å². The second-order valence-electron chi connectivity index (χ2n) is 4.38. The summed E-state index contributed by atoms with van der Waals surface area (Å²) < 4.78 is 0. The van der Waals surface area contributed by atoms with Crippen LogP contribution < -0.4 is 10.9 Å². The Morgan fingerprint density at radius 1 is 1.33 bits per heavy atom. The molecule has 0 radical (unpaired) electrons. The molecule has 0 fully saturated rings. The van der Waals surface area contributed by atoms with Crippen molar-refractivity contribution in [2.75, 3.05) is 13.2 Å². The Hall–Kier alpha value is -1.62. The minimum absolute atomic E-state index is 0.171. The number of carbonyl (C=O) groups is 1. The molecule has 0 aromatic carbocycles. The third-order valence-corrected chi connectivity index (χ3v) is 2.71. The molecule has 1 aromatic heterocycles. The lowest BCUT2D eigenvalue weighted by Crippen LogP contribution is -2.31. The van der Waals surface area contributed by atoms with Gasteiger partial charge in [0, 0.05) is 18.8 Å². The number of pyridine rings is 1. The second kappa shape index (κ2) is 6.96. The first kappa shape index (κ1) is 14.4. The minimum Gasteiger partial charge on any atom is -0.396 e. The van der Waals surface area contributed by atoms with Gasteiger partial charge in [-0.1, -0.05) is 0 Å². The van der Waals surface area contributed by atoms with E-state index in [2.05, 4.69) is 10.3 Å². The normalized spacial score (nSPS) is 10.4. The average Bonchev–Trinajstić information content (AvgIpc) is 2.27. The van der Waals surface area contributed by atoms with Crippen LogP contribution in [0.15, 0.2) is 10.9 Å². The van der Waals surface area contributed by atoms with Crippen LogP contribution in [0.25, 0.3) is 0 Å². The molecular weight excluding hydrogens is 232 g/mol. The number of aromatic nitrogens is 1. The monoisotopic (exact) mass is 252 g/mol. The molecule has 0 aliphatic carbocycles. The summed E-state index contributed by atoms with van der Waals surface area (Å²) in [4.78, 5) is 26.2. The van der Waals surface area contributed by atoms with Crippen LogP contribution in [-0.2, 0) is 0 Å². The number of unbranched alkanes of at least 4 members (excludes halogenated alkanes) is 2. The van der Waals surface area contributed by atoms with Gasteiger partial charge in [-0.05, 0) is 44.7 Å². The van der Waals surface area contributed by atoms with Crippen molar-refractivity contribution < 1.29 is 9.90 Å². The first-order valence-corrected chi connectivity index (χ1v) is 6.16. The molecule has 0 aliphatic heterocycles. The zero-order valence-electron chi connectivity index (χ0n) is 10.9. The summed E-state index contributed by atoms with van der Waals surface area (Å²) in [5.41, 5.74) is 1.27. The predicted octanol–water partition coefficient (Wildman–Crippen LogP) is 0.884. The smallest absolute Gasteiger partial charge is 0.261 e. The zero-order chi connectivity index (χ0) is 13.5. The highest BCUT2D eigenvalue weighted by Crippen LogP contribution is 2.03. The first-order chi connectivity index (χ1) is 8.56. The summed E-state index contributed by atoms with van der Waals surface area (Å²) in [6.07, 6.45) is 2.40. The fraction of sp³-hybridized carbons (Fsp3) is 0.538. The standard InChI is InChI=1S/C13H20N2O3/c1-9-8-10(2)15-13(18)11(9)12(17)14-6-4-3-5-7-16/h8,16H,3-7H2,1-2H3,(H,14,17)(H,15,18). The van der Waals surface area contributed by atoms with Gasteiger partial charge in [0.15, 0.2) is 0 Å². The Morgan fingerprint density at radius 3 is 2.67 bits per heavy atom. The van der Waals surface area contributed by atoms with E-state index >= 15 is 0 Å². The zero-order valence-corrected chi connectivity index (χ0v) is 10.9. The Kier molecular flexibility index (Phi) is 5.58. The largest absolute Gasteiger partial charge is 0.396 e. The molecule has 100 valence electrons. The van der Waals surface area contributed by atoms with E-state index in [1.807, 2.05) is 0 Å². The van der Waals surface area contributed by atoms with E-state index in [9.17, 15) is 9.59 Å². The molecule has 3 N–H and O–H groups in total. The Labute approximate surface area is 106 Å². The lowest BCUT2D eigenvalue weighted by molar-refractivity contribution is 0.0950. The van der Waals surface area contributed by atoms with E-state index in [0.29, 0.717) is 12.1 Å². The van der Waals surface area contributed by atoms with Crippen molar-refractivity contribution in [2.24, 2.45) is 0 Å². The average molecular weight is 252 g/mol. The van der Waals surface area contributed by atoms with E-state index in [0.717, 1.165) is 25.0 Å². The van der Waals surface area contributed by atoms with Crippen molar-refractivity contribution >= 4 is 5.91 Å². The molecular formula is C13H20N2O3. The number of hydrogen-bond donors (Lipinski definition) is 3. The fourth-order valence-corrected chi connectivity index (χ4v) is 1.84. The summed E-state index contributed by atoms with van der Waals surface area (Å²) in [5, 5.41) is 11.3. The maximum atomic E-state index is 11.8. The van der Waals surface area contributed by atoms with Gasteiger partial charge in [-0.15, -0.1) is 0 Å². The second-order valence-corrected chi connectivity index (χ2v) is 4.38. The topological polar surface area (TPSA) is 82.2 Å². The summed E-state index contributed by atoms with van der Waals surface area (Å²) in [7, 11) is 0. The maximum Gasteiger partial charge on any atom is 0.261 e. The van der Waals surface area contributed by atoms with Crippen molar-refractivity contribution in [1.82, 2.24) is 10.3 Å². The fourth-order valence-electron chi connectivity index (χ4n) is 1.84. The summed E-state index contributed by atoms with van der Waals surface area (Å²) >= 11 is 0. The van der Waals surface area contributed by atoms with Gasteiger partial charge < -0.3 is 15.4 Å². The van der Waals surface area contributed by atoms with Crippen molar-refractivity contribution in [3.05, 3.63) is 33.2 Å². The number of amides is 1. The molecule has 0 aliphatic rings. The number of aliphatic hydroxyl groups is 1. The van der Waals surface area contributed by atoms with Gasteiger partial charge in [-0.2, -0.15) is 0 Å². The van der Waals surface area contributed by atoms with Crippen LogP contribution in [-0.4, -0.2) is 29.1 Å². The number of nitrogens with one attached hydrogen (secondary N) is 2. The number of aryl methyl sites for hydroxylation is 2. The van der Waals surface area contributed by atoms with Gasteiger partial charge in [0.1, 0.15) is 5.56 Å². The van der Waals surface area contributed by atoms with Crippen molar-refractivity contribution in [1.29, 1.82) is 0 Å². The number of aliphatic hydroxyl groups excluding tert-OH is 1. The van der Waals surface area contributed by atoms with E-state index in [1.165, 1.54) is 0 Å². The highest BCUT2D eigenvalue weighted by atomic mass is 16.3. The highest BCUT2D eigenvalue weighted by molar-refractivity contribution is 5.95. The molecule has 1 rings (SSSR count). The van der Waals surface area contributed by atoms with Crippen LogP contribution in [0, 0.1) is 13.8 Å². The molecule has 5 nitrogen and oxygen atoms in total. The van der Waals surface area contributed by atoms with Crippen molar-refractivity contribution in [2.45, 2.75) is 33.1 Å². The summed E-state index contributed by atoms with van der Waals surface area (Å²) in [6, 6.07) is 1.78. The van der Waals surface area contributed by atoms with Crippen LogP contribution >= 0.6 is 0 Å². The summed E-state index contributed by atoms with van der Waals surface area (Å²) in [6.45, 7) is 4.23. The molecule has 0 spiro atoms. The highest BCUT2D eigenvalue weighted by Gasteiger charge is 2.13. The van der Waals surface area contributed by atoms with E-state index in [-0.39, 0.29) is 23.6 Å². The van der Waals surface area contributed by atoms with Crippen LogP contribution in [0.2, 0.25) is 0 Å². The van der Waals surface area contributed by atoms with E-state index in [1.54, 1.807) is 19.9 Å². The van der Waals surface area contributed by atoms with Gasteiger partial charge >= 0.3 is 0 Å². The molecule has 1 aromatic rings. The molecule has 1 heterocycles. The van der Waals surface area contributed by atoms with Gasteiger partial charge in [0.25, 0.3) is 11.5 Å². The van der Waals surface area contributed by atoms with Gasteiger partial charge in [0.05, 0.1) is 0 Å². The van der Waals surface area contributed by atoms with Crippen LogP contribution in [0.4, 0.5) is 0 Å². The predicted molar refractivity (Wildman–Crippen MR) is 69.8 cm³/mol. The number of hydrogen-bond acceptors (Lipinski definition) is 3. The third-order valence-electron chi connectivity index (χ3n) is 2.71. The number of carbonyl (C=O) groups excluding carboxylic acids is 1. The Morgan fingerprint density at radius 2 is 2.06 bits per heavy atom. The Balaban J connectivity index is 2.60. The van der Waals surface area contributed by atoms with Gasteiger partial charge in [0.2, 0.25) is 0 Å². The quantitative estimate of drug-likeness (QED) is 0.657. The molecule has 18 heavy (non-hydrogen) atoms. The molecule has 1 amide bonds. The molecule has 0 saturated carbocycles. The minimum atomic E-state index is -0.347. The van der Waals surface area contributed by atoms with E-state index < -0.39 is 0 Å². The molecule has 0 bridgehead atoms. The van der Waals surface area contributed by atoms with Crippen LogP contribution in [0.3, 0.4) is 0 Å². The van der Waals surface area contributed by atoms with Crippen molar-refractivity contribution in [3.63, 3.8) is 0 Å². The molecule has 0 unspecified atom stereocenters. The van der Waals surface area contributed by atoms with E-state index in [4.69, 9.17) is 5.11 Å². The lowest BCUT2D eigenvalue weighted by atomic mass is 10.1. The number of aromatic amines is 1. The molecule has 5 heteroatoms. The van der Waals surface area contributed by atoms with Crippen LogP contribution in [0.1, 0.15) is 40.9 Å². The van der Waals surface area contributed by atoms with Gasteiger partial charge in [-0.3, -0.25) is 9.59 Å². The van der Waals surface area contributed by atoms with Crippen LogP contribution in [0.5, 0.6) is 0 Å². The molecule has 0 atom stereocenters.